The van der Waals surface area contributed by atoms with Crippen molar-refractivity contribution in [3.63, 3.8) is 0 Å². The molecule has 170 valence electrons. The van der Waals surface area contributed by atoms with Crippen LogP contribution in [0.15, 0.2) is 71.3 Å². The predicted molar refractivity (Wildman–Crippen MR) is 137 cm³/mol. The molecule has 0 bridgehead atoms. The molecule has 1 fully saturated rings. The van der Waals surface area contributed by atoms with Gasteiger partial charge in [-0.1, -0.05) is 86.8 Å². The molecule has 2 aromatic rings. The number of nitrogens with zero attached hydrogens (tertiary/aromatic N) is 3. The lowest BCUT2D eigenvalue weighted by Gasteiger charge is -2.34. The molecule has 1 heterocycles. The van der Waals surface area contributed by atoms with Crippen molar-refractivity contribution >= 4 is 11.8 Å². The van der Waals surface area contributed by atoms with Crippen LogP contribution in [0.3, 0.4) is 0 Å². The second-order valence-electron chi connectivity index (χ2n) is 9.80. The van der Waals surface area contributed by atoms with E-state index in [4.69, 9.17) is 5.10 Å². The zero-order chi connectivity index (χ0) is 22.3. The van der Waals surface area contributed by atoms with Crippen LogP contribution in [0.5, 0.6) is 0 Å². The standard InChI is InChI=1S/C29H39N3/c1-4-5-13-24-21-26(20-23-14-8-6-9-15-23)28-27(22-24)29(25-16-10-7-11-17-25)32(30-28)19-12-18-31(2)3/h6-11,14-17,20,24,27,29H,4-5,12-13,18-19,21-22H2,1-3H3. The van der Waals surface area contributed by atoms with Gasteiger partial charge in [-0.15, -0.1) is 0 Å². The molecule has 3 atom stereocenters. The van der Waals surface area contributed by atoms with E-state index < -0.39 is 0 Å². The molecule has 32 heavy (non-hydrogen) atoms. The zero-order valence-corrected chi connectivity index (χ0v) is 20.1. The number of unbranched alkanes of at least 4 members (excludes halogenated alkanes) is 1. The van der Waals surface area contributed by atoms with Crippen molar-refractivity contribution < 1.29 is 0 Å². The van der Waals surface area contributed by atoms with E-state index in [9.17, 15) is 0 Å². The highest BCUT2D eigenvalue weighted by atomic mass is 15.5. The van der Waals surface area contributed by atoms with Crippen molar-refractivity contribution in [2.24, 2.45) is 16.9 Å². The molecule has 4 rings (SSSR count). The molecular formula is C29H39N3. The number of allylic oxidation sites excluding steroid dienone is 1. The number of fused-ring (bicyclic) bond motifs is 1. The Kier molecular flexibility index (Phi) is 7.81. The first-order valence-electron chi connectivity index (χ1n) is 12.5. The lowest BCUT2D eigenvalue weighted by molar-refractivity contribution is 0.178. The van der Waals surface area contributed by atoms with Gasteiger partial charge in [-0.05, 0) is 68.6 Å². The first-order chi connectivity index (χ1) is 15.7. The highest BCUT2D eigenvalue weighted by molar-refractivity contribution is 6.07. The van der Waals surface area contributed by atoms with E-state index >= 15 is 0 Å². The van der Waals surface area contributed by atoms with Gasteiger partial charge in [0.25, 0.3) is 0 Å². The normalized spacial score (nSPS) is 24.1. The minimum absolute atomic E-state index is 0.358. The van der Waals surface area contributed by atoms with Gasteiger partial charge in [0.2, 0.25) is 0 Å². The van der Waals surface area contributed by atoms with Gasteiger partial charge in [-0.3, -0.25) is 5.01 Å². The lowest BCUT2D eigenvalue weighted by atomic mass is 9.71. The molecule has 0 saturated heterocycles. The average Bonchev–Trinajstić information content (AvgIpc) is 3.17. The first-order valence-corrected chi connectivity index (χ1v) is 12.5. The smallest absolute Gasteiger partial charge is 0.0804 e. The first kappa shape index (κ1) is 22.8. The third kappa shape index (κ3) is 5.50. The maximum absolute atomic E-state index is 5.32. The Balaban J connectivity index is 1.68. The highest BCUT2D eigenvalue weighted by Crippen LogP contribution is 2.47. The largest absolute Gasteiger partial charge is 0.309 e. The van der Waals surface area contributed by atoms with Gasteiger partial charge >= 0.3 is 0 Å². The molecule has 1 aliphatic carbocycles. The molecule has 1 aliphatic heterocycles. The summed E-state index contributed by atoms with van der Waals surface area (Å²) >= 11 is 0. The zero-order valence-electron chi connectivity index (χ0n) is 20.1. The monoisotopic (exact) mass is 429 g/mol. The van der Waals surface area contributed by atoms with Gasteiger partial charge in [0.05, 0.1) is 11.8 Å². The molecule has 0 radical (unpaired) electrons. The van der Waals surface area contributed by atoms with Crippen LogP contribution in [0.4, 0.5) is 0 Å². The summed E-state index contributed by atoms with van der Waals surface area (Å²) < 4.78 is 0. The summed E-state index contributed by atoms with van der Waals surface area (Å²) in [5, 5.41) is 7.74. The molecule has 0 amide bonds. The molecule has 3 nitrogen and oxygen atoms in total. The molecule has 0 aromatic heterocycles. The van der Waals surface area contributed by atoms with E-state index in [2.05, 4.69) is 97.7 Å². The van der Waals surface area contributed by atoms with Crippen molar-refractivity contribution in [1.82, 2.24) is 9.91 Å². The van der Waals surface area contributed by atoms with Gasteiger partial charge in [-0.2, -0.15) is 5.10 Å². The van der Waals surface area contributed by atoms with E-state index in [1.54, 1.807) is 0 Å². The molecule has 0 spiro atoms. The van der Waals surface area contributed by atoms with Crippen molar-refractivity contribution in [2.75, 3.05) is 27.2 Å². The van der Waals surface area contributed by atoms with E-state index in [0.29, 0.717) is 12.0 Å². The van der Waals surface area contributed by atoms with E-state index in [-0.39, 0.29) is 0 Å². The third-order valence-electron chi connectivity index (χ3n) is 6.95. The van der Waals surface area contributed by atoms with E-state index in [1.807, 2.05) is 0 Å². The van der Waals surface area contributed by atoms with Crippen LogP contribution >= 0.6 is 0 Å². The molecule has 3 heteroatoms. The summed E-state index contributed by atoms with van der Waals surface area (Å²) in [4.78, 5) is 2.27. The minimum Gasteiger partial charge on any atom is -0.309 e. The molecule has 0 N–H and O–H groups in total. The Hall–Kier alpha value is -2.39. The number of rotatable bonds is 9. The summed E-state index contributed by atoms with van der Waals surface area (Å²) in [5.41, 5.74) is 5.52. The molecule has 2 aliphatic rings. The maximum atomic E-state index is 5.32. The second kappa shape index (κ2) is 11.0. The van der Waals surface area contributed by atoms with Crippen molar-refractivity contribution in [3.05, 3.63) is 77.4 Å². The van der Waals surface area contributed by atoms with Crippen LogP contribution < -0.4 is 0 Å². The molecular weight excluding hydrogens is 390 g/mol. The van der Waals surface area contributed by atoms with Crippen LogP contribution in [-0.4, -0.2) is 42.8 Å². The van der Waals surface area contributed by atoms with Crippen molar-refractivity contribution in [3.8, 4) is 0 Å². The summed E-state index contributed by atoms with van der Waals surface area (Å²) in [7, 11) is 4.31. The van der Waals surface area contributed by atoms with E-state index in [1.165, 1.54) is 48.1 Å². The van der Waals surface area contributed by atoms with E-state index in [0.717, 1.165) is 31.8 Å². The Labute approximate surface area is 194 Å². The third-order valence-corrected chi connectivity index (χ3v) is 6.95. The minimum atomic E-state index is 0.358. The Morgan fingerprint density at radius 1 is 1.00 bits per heavy atom. The second-order valence-corrected chi connectivity index (χ2v) is 9.80. The number of hydrogen-bond donors (Lipinski definition) is 0. The van der Waals surface area contributed by atoms with Crippen molar-refractivity contribution in [2.45, 2.75) is 51.5 Å². The predicted octanol–water partition coefficient (Wildman–Crippen LogP) is 6.65. The average molecular weight is 430 g/mol. The number of benzene rings is 2. The topological polar surface area (TPSA) is 18.8 Å². The fourth-order valence-electron chi connectivity index (χ4n) is 5.42. The van der Waals surface area contributed by atoms with Gasteiger partial charge in [0.1, 0.15) is 0 Å². The molecule has 3 unspecified atom stereocenters. The lowest BCUT2D eigenvalue weighted by Crippen LogP contribution is -2.32. The Morgan fingerprint density at radius 2 is 1.72 bits per heavy atom. The van der Waals surface area contributed by atoms with Crippen LogP contribution in [0.2, 0.25) is 0 Å². The maximum Gasteiger partial charge on any atom is 0.0804 e. The van der Waals surface area contributed by atoms with Gasteiger partial charge in [0.15, 0.2) is 0 Å². The van der Waals surface area contributed by atoms with Gasteiger partial charge in [0, 0.05) is 12.5 Å². The SMILES string of the molecule is CCCCC1CC(=Cc2ccccc2)C2=NN(CCCN(C)C)C(c3ccccc3)C2C1. The van der Waals surface area contributed by atoms with Crippen LogP contribution in [0.25, 0.3) is 6.08 Å². The van der Waals surface area contributed by atoms with Gasteiger partial charge in [-0.25, -0.2) is 0 Å². The number of hydrazone groups is 1. The Bertz CT molecular complexity index is 901. The van der Waals surface area contributed by atoms with Crippen LogP contribution in [0.1, 0.15) is 62.6 Å². The molecule has 1 saturated carbocycles. The summed E-state index contributed by atoms with van der Waals surface area (Å²) in [6.07, 6.45) is 9.90. The Morgan fingerprint density at radius 3 is 2.41 bits per heavy atom. The van der Waals surface area contributed by atoms with Crippen LogP contribution in [0, 0.1) is 11.8 Å². The fraction of sp³-hybridized carbons (Fsp3) is 0.483. The summed E-state index contributed by atoms with van der Waals surface area (Å²) in [6.45, 7) is 4.42. The van der Waals surface area contributed by atoms with Gasteiger partial charge < -0.3 is 4.90 Å². The van der Waals surface area contributed by atoms with Crippen LogP contribution in [-0.2, 0) is 0 Å². The number of hydrogen-bond acceptors (Lipinski definition) is 3. The summed E-state index contributed by atoms with van der Waals surface area (Å²) in [6, 6.07) is 22.3. The highest BCUT2D eigenvalue weighted by Gasteiger charge is 2.43. The van der Waals surface area contributed by atoms with Crippen molar-refractivity contribution in [1.29, 1.82) is 0 Å². The summed E-state index contributed by atoms with van der Waals surface area (Å²) in [5.74, 6) is 1.24. The fourth-order valence-corrected chi connectivity index (χ4v) is 5.42. The quantitative estimate of drug-likeness (QED) is 0.444. The molecule has 2 aromatic carbocycles.